The van der Waals surface area contributed by atoms with Crippen LogP contribution in [0.4, 0.5) is 0 Å². The van der Waals surface area contributed by atoms with Gasteiger partial charge in [-0.15, -0.1) is 0 Å². The monoisotopic (exact) mass is 291 g/mol. The Morgan fingerprint density at radius 3 is 2.71 bits per heavy atom. The van der Waals surface area contributed by atoms with Crippen LogP contribution in [0.15, 0.2) is 18.3 Å². The lowest BCUT2D eigenvalue weighted by atomic mass is 9.94. The smallest absolute Gasteiger partial charge is 0.354 e. The van der Waals surface area contributed by atoms with Gasteiger partial charge in [0.2, 0.25) is 5.91 Å². The van der Waals surface area contributed by atoms with Crippen LogP contribution in [0.1, 0.15) is 48.2 Å². The van der Waals surface area contributed by atoms with Crippen molar-refractivity contribution in [3.63, 3.8) is 0 Å². The van der Waals surface area contributed by atoms with Gasteiger partial charge in [-0.2, -0.15) is 0 Å². The molecule has 0 aromatic carbocycles. The van der Waals surface area contributed by atoms with Gasteiger partial charge >= 0.3 is 5.97 Å². The Bertz CT molecular complexity index is 501. The summed E-state index contributed by atoms with van der Waals surface area (Å²) in [6, 6.07) is 3.02. The van der Waals surface area contributed by atoms with Crippen LogP contribution in [0, 0.1) is 5.92 Å². The van der Waals surface area contributed by atoms with Crippen LogP contribution >= 0.6 is 0 Å². The van der Waals surface area contributed by atoms with E-state index < -0.39 is 5.97 Å². The number of aromatic carboxylic acids is 1. The Morgan fingerprint density at radius 2 is 2.05 bits per heavy atom. The average Bonchev–Trinajstić information content (AvgIpc) is 2.70. The molecule has 2 rings (SSSR count). The summed E-state index contributed by atoms with van der Waals surface area (Å²) in [5.41, 5.74) is 6.83. The summed E-state index contributed by atoms with van der Waals surface area (Å²) in [4.78, 5) is 26.7. The average molecular weight is 291 g/mol. The molecule has 6 nitrogen and oxygen atoms in total. The van der Waals surface area contributed by atoms with E-state index in [4.69, 9.17) is 10.8 Å². The van der Waals surface area contributed by atoms with Crippen LogP contribution in [0.3, 0.4) is 0 Å². The van der Waals surface area contributed by atoms with Crippen molar-refractivity contribution in [3.05, 3.63) is 29.6 Å². The molecule has 1 fully saturated rings. The Hall–Kier alpha value is -1.95. The largest absolute Gasteiger partial charge is 0.477 e. The van der Waals surface area contributed by atoms with Gasteiger partial charge in [0.1, 0.15) is 5.69 Å². The van der Waals surface area contributed by atoms with Crippen LogP contribution in [0.2, 0.25) is 0 Å². The highest BCUT2D eigenvalue weighted by Crippen LogP contribution is 2.22. The normalized spacial score (nSPS) is 22.3. The summed E-state index contributed by atoms with van der Waals surface area (Å²) in [6.07, 6.45) is 6.47. The van der Waals surface area contributed by atoms with Gasteiger partial charge in [0, 0.05) is 18.8 Å². The van der Waals surface area contributed by atoms with Crippen LogP contribution in [-0.4, -0.2) is 28.0 Å². The molecule has 4 N–H and O–H groups in total. The number of nitrogens with one attached hydrogen (secondary N) is 1. The number of hydrogen-bond acceptors (Lipinski definition) is 4. The molecule has 114 valence electrons. The zero-order chi connectivity index (χ0) is 15.2. The number of hydrogen-bond donors (Lipinski definition) is 3. The summed E-state index contributed by atoms with van der Waals surface area (Å²) >= 11 is 0. The lowest BCUT2D eigenvalue weighted by Gasteiger charge is -2.20. The first-order valence-electron chi connectivity index (χ1n) is 7.29. The van der Waals surface area contributed by atoms with Gasteiger partial charge < -0.3 is 16.2 Å². The molecule has 1 saturated carbocycles. The van der Waals surface area contributed by atoms with Crippen molar-refractivity contribution in [2.45, 2.75) is 44.7 Å². The van der Waals surface area contributed by atoms with E-state index in [2.05, 4.69) is 10.3 Å². The first-order valence-corrected chi connectivity index (χ1v) is 7.29. The van der Waals surface area contributed by atoms with Crippen molar-refractivity contribution in [1.29, 1.82) is 0 Å². The molecule has 6 heteroatoms. The predicted molar refractivity (Wildman–Crippen MR) is 77.6 cm³/mol. The van der Waals surface area contributed by atoms with Crippen LogP contribution < -0.4 is 11.1 Å². The second-order valence-electron chi connectivity index (χ2n) is 5.48. The van der Waals surface area contributed by atoms with Crippen molar-refractivity contribution in [2.75, 3.05) is 0 Å². The van der Waals surface area contributed by atoms with E-state index in [9.17, 15) is 9.59 Å². The number of rotatable bonds is 4. The highest BCUT2D eigenvalue weighted by atomic mass is 16.4. The zero-order valence-corrected chi connectivity index (χ0v) is 11.9. The zero-order valence-electron chi connectivity index (χ0n) is 11.9. The standard InChI is InChI=1S/C15H21N3O3/c16-12-5-3-1-2-4-11(12)14(19)18-9-10-6-7-13(15(20)21)17-8-10/h6-8,11-12H,1-5,9,16H2,(H,18,19)(H,20,21). The van der Waals surface area contributed by atoms with Crippen molar-refractivity contribution in [2.24, 2.45) is 11.7 Å². The topological polar surface area (TPSA) is 105 Å². The summed E-state index contributed by atoms with van der Waals surface area (Å²) in [5, 5.41) is 11.6. The fourth-order valence-electron chi connectivity index (χ4n) is 2.64. The summed E-state index contributed by atoms with van der Waals surface area (Å²) in [6.45, 7) is 0.342. The van der Waals surface area contributed by atoms with E-state index >= 15 is 0 Å². The molecule has 0 saturated heterocycles. The van der Waals surface area contributed by atoms with Gasteiger partial charge in [-0.25, -0.2) is 9.78 Å². The van der Waals surface area contributed by atoms with Gasteiger partial charge in [0.25, 0.3) is 0 Å². The minimum absolute atomic E-state index is 0.00383. The van der Waals surface area contributed by atoms with Crippen LogP contribution in [-0.2, 0) is 11.3 Å². The number of amides is 1. The fourth-order valence-corrected chi connectivity index (χ4v) is 2.64. The number of carboxylic acid groups (broad SMARTS) is 1. The summed E-state index contributed by atoms with van der Waals surface area (Å²) < 4.78 is 0. The minimum atomic E-state index is -1.06. The second-order valence-corrected chi connectivity index (χ2v) is 5.48. The van der Waals surface area contributed by atoms with E-state index in [0.29, 0.717) is 6.54 Å². The van der Waals surface area contributed by atoms with Crippen LogP contribution in [0.25, 0.3) is 0 Å². The SMILES string of the molecule is NC1CCCCCC1C(=O)NCc1ccc(C(=O)O)nc1. The second kappa shape index (κ2) is 7.17. The molecule has 1 amide bonds. The predicted octanol–water partition coefficient (Wildman–Crippen LogP) is 1.30. The van der Waals surface area contributed by atoms with Crippen molar-refractivity contribution >= 4 is 11.9 Å². The number of pyridine rings is 1. The lowest BCUT2D eigenvalue weighted by Crippen LogP contribution is -2.41. The first kappa shape index (κ1) is 15.4. The highest BCUT2D eigenvalue weighted by Gasteiger charge is 2.26. The van der Waals surface area contributed by atoms with Crippen molar-refractivity contribution in [3.8, 4) is 0 Å². The molecule has 0 aliphatic heterocycles. The van der Waals surface area contributed by atoms with Gasteiger partial charge in [-0.1, -0.05) is 25.3 Å². The number of carboxylic acids is 1. The molecule has 2 unspecified atom stereocenters. The minimum Gasteiger partial charge on any atom is -0.477 e. The maximum absolute atomic E-state index is 12.2. The third-order valence-corrected chi connectivity index (χ3v) is 3.92. The Kier molecular flexibility index (Phi) is 5.27. The van der Waals surface area contributed by atoms with E-state index in [0.717, 1.165) is 37.7 Å². The quantitative estimate of drug-likeness (QED) is 0.725. The highest BCUT2D eigenvalue weighted by molar-refractivity contribution is 5.85. The van der Waals surface area contributed by atoms with E-state index in [-0.39, 0.29) is 23.6 Å². The molecule has 21 heavy (non-hydrogen) atoms. The molecular formula is C15H21N3O3. The molecule has 1 aromatic heterocycles. The Balaban J connectivity index is 1.89. The fraction of sp³-hybridized carbons (Fsp3) is 0.533. The number of carbonyl (C=O) groups excluding carboxylic acids is 1. The third-order valence-electron chi connectivity index (χ3n) is 3.92. The first-order chi connectivity index (χ1) is 10.1. The summed E-state index contributed by atoms with van der Waals surface area (Å²) in [7, 11) is 0. The van der Waals surface area contributed by atoms with Crippen molar-refractivity contribution < 1.29 is 14.7 Å². The molecule has 0 radical (unpaired) electrons. The van der Waals surface area contributed by atoms with E-state index in [1.807, 2.05) is 0 Å². The molecule has 1 aromatic rings. The molecule has 1 aliphatic rings. The van der Waals surface area contributed by atoms with Crippen molar-refractivity contribution in [1.82, 2.24) is 10.3 Å². The molecule has 0 bridgehead atoms. The maximum atomic E-state index is 12.2. The van der Waals surface area contributed by atoms with Gasteiger partial charge in [0.15, 0.2) is 0 Å². The van der Waals surface area contributed by atoms with E-state index in [1.54, 1.807) is 6.07 Å². The van der Waals surface area contributed by atoms with E-state index in [1.165, 1.54) is 12.3 Å². The third kappa shape index (κ3) is 4.26. The molecule has 0 spiro atoms. The van der Waals surface area contributed by atoms with Gasteiger partial charge in [-0.3, -0.25) is 4.79 Å². The number of carbonyl (C=O) groups is 2. The Labute approximate surface area is 123 Å². The summed E-state index contributed by atoms with van der Waals surface area (Å²) in [5.74, 6) is -1.21. The molecule has 1 aliphatic carbocycles. The number of aromatic nitrogens is 1. The molecular weight excluding hydrogens is 270 g/mol. The number of nitrogens with zero attached hydrogens (tertiary/aromatic N) is 1. The lowest BCUT2D eigenvalue weighted by molar-refractivity contribution is -0.126. The number of nitrogens with two attached hydrogens (primary N) is 1. The van der Waals surface area contributed by atoms with Gasteiger partial charge in [-0.05, 0) is 24.5 Å². The van der Waals surface area contributed by atoms with Gasteiger partial charge in [0.05, 0.1) is 5.92 Å². The van der Waals surface area contributed by atoms with Crippen LogP contribution in [0.5, 0.6) is 0 Å². The molecule has 1 heterocycles. The Morgan fingerprint density at radius 1 is 1.29 bits per heavy atom. The maximum Gasteiger partial charge on any atom is 0.354 e. The molecule has 2 atom stereocenters.